The molecule has 80 valence electrons. The lowest BCUT2D eigenvalue weighted by atomic mass is 10.4. The maximum Gasteiger partial charge on any atom is 0.351 e. The van der Waals surface area contributed by atoms with Crippen LogP contribution in [-0.2, 0) is 4.79 Å². The van der Waals surface area contributed by atoms with Crippen LogP contribution in [0, 0.1) is 0 Å². The number of nitrogens with one attached hydrogen (secondary N) is 2. The van der Waals surface area contributed by atoms with Crippen molar-refractivity contribution in [2.45, 2.75) is 6.92 Å². The first kappa shape index (κ1) is 11.4. The lowest BCUT2D eigenvalue weighted by Crippen LogP contribution is -2.22. The molecular weight excluding hydrogens is 268 g/mol. The molecule has 0 atom stereocenters. The van der Waals surface area contributed by atoms with Crippen LogP contribution >= 0.6 is 15.9 Å². The Hall–Kier alpha value is -1.70. The molecule has 0 aromatic carbocycles. The van der Waals surface area contributed by atoms with Crippen molar-refractivity contribution in [3.63, 3.8) is 0 Å². The smallest absolute Gasteiger partial charge is 0.351 e. The number of carbonyl (C=O) groups excluding carboxylic acids is 1. The van der Waals surface area contributed by atoms with Gasteiger partial charge in [0.25, 0.3) is 5.91 Å². The molecule has 0 spiro atoms. The SMILES string of the molecule is C/C(=N\NC(=O)c1[nH]ncc1Br)C(=O)O. The Morgan fingerprint density at radius 3 is 2.80 bits per heavy atom. The van der Waals surface area contributed by atoms with Gasteiger partial charge in [0.2, 0.25) is 0 Å². The molecule has 1 aromatic heterocycles. The molecular formula is C7H7BrN4O3. The standard InChI is InChI=1S/C7H7BrN4O3/c1-3(7(14)15)10-12-6(13)5-4(8)2-9-11-5/h2H,1H3,(H,9,11)(H,12,13)(H,14,15)/b10-3+. The molecule has 0 aliphatic rings. The molecule has 0 fully saturated rings. The number of nitrogens with zero attached hydrogens (tertiary/aromatic N) is 2. The summed E-state index contributed by atoms with van der Waals surface area (Å²) in [5.41, 5.74) is 2.04. The van der Waals surface area contributed by atoms with Crippen molar-refractivity contribution >= 4 is 33.5 Å². The van der Waals surface area contributed by atoms with E-state index in [0.29, 0.717) is 4.47 Å². The van der Waals surface area contributed by atoms with E-state index in [1.807, 2.05) is 0 Å². The van der Waals surface area contributed by atoms with Crippen molar-refractivity contribution in [1.29, 1.82) is 0 Å². The first-order valence-corrected chi connectivity index (χ1v) is 4.58. The van der Waals surface area contributed by atoms with Crippen molar-refractivity contribution in [2.24, 2.45) is 5.10 Å². The minimum absolute atomic E-state index is 0.178. The second-order valence-electron chi connectivity index (χ2n) is 2.54. The molecule has 0 radical (unpaired) electrons. The predicted octanol–water partition coefficient (Wildman–Crippen LogP) is 0.362. The highest BCUT2D eigenvalue weighted by molar-refractivity contribution is 9.10. The van der Waals surface area contributed by atoms with Crippen LogP contribution in [0.5, 0.6) is 0 Å². The second kappa shape index (κ2) is 4.69. The van der Waals surface area contributed by atoms with E-state index in [-0.39, 0.29) is 11.4 Å². The summed E-state index contributed by atoms with van der Waals surface area (Å²) in [5, 5.41) is 17.9. The number of hydrogen-bond donors (Lipinski definition) is 3. The molecule has 3 N–H and O–H groups in total. The van der Waals surface area contributed by atoms with E-state index < -0.39 is 11.9 Å². The summed E-state index contributed by atoms with van der Waals surface area (Å²) in [6.07, 6.45) is 1.41. The molecule has 0 saturated heterocycles. The highest BCUT2D eigenvalue weighted by atomic mass is 79.9. The summed E-state index contributed by atoms with van der Waals surface area (Å²) in [5.74, 6) is -1.76. The Morgan fingerprint density at radius 1 is 1.67 bits per heavy atom. The summed E-state index contributed by atoms with van der Waals surface area (Å²) in [6, 6.07) is 0. The number of carbonyl (C=O) groups is 2. The molecule has 0 bridgehead atoms. The Balaban J connectivity index is 2.70. The van der Waals surface area contributed by atoms with Gasteiger partial charge in [-0.15, -0.1) is 0 Å². The first-order chi connectivity index (χ1) is 7.02. The maximum absolute atomic E-state index is 11.3. The van der Waals surface area contributed by atoms with Crippen LogP contribution in [0.2, 0.25) is 0 Å². The molecule has 15 heavy (non-hydrogen) atoms. The molecule has 1 amide bonds. The van der Waals surface area contributed by atoms with Gasteiger partial charge in [0.05, 0.1) is 10.7 Å². The fourth-order valence-corrected chi connectivity index (χ4v) is 1.04. The number of hydrogen-bond acceptors (Lipinski definition) is 4. The number of amides is 1. The number of aromatic amines is 1. The molecule has 0 saturated carbocycles. The van der Waals surface area contributed by atoms with Gasteiger partial charge in [-0.2, -0.15) is 10.2 Å². The minimum Gasteiger partial charge on any atom is -0.477 e. The van der Waals surface area contributed by atoms with E-state index in [9.17, 15) is 9.59 Å². The Kier molecular flexibility index (Phi) is 3.56. The van der Waals surface area contributed by atoms with E-state index in [0.717, 1.165) is 0 Å². The molecule has 1 aromatic rings. The summed E-state index contributed by atoms with van der Waals surface area (Å²) in [6.45, 7) is 1.27. The Bertz CT molecular complexity index is 426. The molecule has 1 rings (SSSR count). The van der Waals surface area contributed by atoms with E-state index in [1.165, 1.54) is 13.1 Å². The number of carboxylic acids is 1. The predicted molar refractivity (Wildman–Crippen MR) is 54.5 cm³/mol. The summed E-state index contributed by atoms with van der Waals surface area (Å²) in [4.78, 5) is 21.7. The van der Waals surface area contributed by atoms with Gasteiger partial charge in [-0.25, -0.2) is 10.2 Å². The third-order valence-corrected chi connectivity index (χ3v) is 2.06. The zero-order valence-electron chi connectivity index (χ0n) is 7.61. The fraction of sp³-hybridized carbons (Fsp3) is 0.143. The van der Waals surface area contributed by atoms with Gasteiger partial charge in [-0.3, -0.25) is 9.89 Å². The number of H-pyrrole nitrogens is 1. The van der Waals surface area contributed by atoms with Gasteiger partial charge in [0.15, 0.2) is 0 Å². The largest absolute Gasteiger partial charge is 0.477 e. The number of rotatable bonds is 3. The monoisotopic (exact) mass is 274 g/mol. The second-order valence-corrected chi connectivity index (χ2v) is 3.39. The highest BCUT2D eigenvalue weighted by Crippen LogP contribution is 2.11. The first-order valence-electron chi connectivity index (χ1n) is 3.79. The number of hydrazone groups is 1. The van der Waals surface area contributed by atoms with Crippen molar-refractivity contribution < 1.29 is 14.7 Å². The summed E-state index contributed by atoms with van der Waals surface area (Å²) in [7, 11) is 0. The lowest BCUT2D eigenvalue weighted by molar-refractivity contribution is -0.129. The summed E-state index contributed by atoms with van der Waals surface area (Å²) < 4.78 is 0.475. The van der Waals surface area contributed by atoms with Crippen LogP contribution in [0.1, 0.15) is 17.4 Å². The lowest BCUT2D eigenvalue weighted by Gasteiger charge is -1.97. The van der Waals surface area contributed by atoms with Gasteiger partial charge >= 0.3 is 5.97 Å². The Morgan fingerprint density at radius 2 is 2.33 bits per heavy atom. The third kappa shape index (κ3) is 2.88. The van der Waals surface area contributed by atoms with Crippen molar-refractivity contribution in [2.75, 3.05) is 0 Å². The highest BCUT2D eigenvalue weighted by Gasteiger charge is 2.11. The van der Waals surface area contributed by atoms with Crippen LogP contribution in [0.3, 0.4) is 0 Å². The normalized spacial score (nSPS) is 11.2. The zero-order valence-corrected chi connectivity index (χ0v) is 9.20. The quantitative estimate of drug-likeness (QED) is 0.546. The molecule has 0 aliphatic carbocycles. The fourth-order valence-electron chi connectivity index (χ4n) is 0.669. The van der Waals surface area contributed by atoms with Crippen molar-refractivity contribution in [3.05, 3.63) is 16.4 Å². The zero-order chi connectivity index (χ0) is 11.4. The molecule has 8 heteroatoms. The minimum atomic E-state index is -1.20. The average molecular weight is 275 g/mol. The topological polar surface area (TPSA) is 107 Å². The van der Waals surface area contributed by atoms with Crippen molar-refractivity contribution in [1.82, 2.24) is 15.6 Å². The van der Waals surface area contributed by atoms with E-state index in [2.05, 4.69) is 36.7 Å². The van der Waals surface area contributed by atoms with Gasteiger partial charge < -0.3 is 5.11 Å². The van der Waals surface area contributed by atoms with Crippen LogP contribution in [0.15, 0.2) is 15.8 Å². The van der Waals surface area contributed by atoms with Gasteiger partial charge in [-0.1, -0.05) is 0 Å². The summed E-state index contributed by atoms with van der Waals surface area (Å²) >= 11 is 3.08. The van der Waals surface area contributed by atoms with Crippen LogP contribution in [-0.4, -0.2) is 32.9 Å². The third-order valence-electron chi connectivity index (χ3n) is 1.45. The van der Waals surface area contributed by atoms with Gasteiger partial charge in [0.1, 0.15) is 11.4 Å². The number of halogens is 1. The van der Waals surface area contributed by atoms with E-state index in [4.69, 9.17) is 5.11 Å². The molecule has 0 aliphatic heterocycles. The van der Waals surface area contributed by atoms with Gasteiger partial charge in [0, 0.05) is 0 Å². The van der Waals surface area contributed by atoms with Crippen LogP contribution in [0.25, 0.3) is 0 Å². The Labute approximate surface area is 92.7 Å². The maximum atomic E-state index is 11.3. The van der Waals surface area contributed by atoms with Crippen molar-refractivity contribution in [3.8, 4) is 0 Å². The number of aliphatic carboxylic acids is 1. The number of aromatic nitrogens is 2. The van der Waals surface area contributed by atoms with E-state index in [1.54, 1.807) is 0 Å². The van der Waals surface area contributed by atoms with E-state index >= 15 is 0 Å². The molecule has 7 nitrogen and oxygen atoms in total. The van der Waals surface area contributed by atoms with Crippen LogP contribution < -0.4 is 5.43 Å². The molecule has 1 heterocycles. The number of carboxylic acid groups (broad SMARTS) is 1. The average Bonchev–Trinajstić information content (AvgIpc) is 2.60. The van der Waals surface area contributed by atoms with Crippen LogP contribution in [0.4, 0.5) is 0 Å². The molecule has 0 unspecified atom stereocenters. The van der Waals surface area contributed by atoms with Gasteiger partial charge in [-0.05, 0) is 22.9 Å².